The van der Waals surface area contributed by atoms with E-state index in [0.29, 0.717) is 38.2 Å². The van der Waals surface area contributed by atoms with E-state index in [1.54, 1.807) is 0 Å². The lowest BCUT2D eigenvalue weighted by Gasteiger charge is -2.38. The number of hydrogen-bond donors (Lipinski definition) is 1. The number of nitrogens with one attached hydrogen (secondary N) is 1. The molecule has 2 aromatic rings. The minimum atomic E-state index is -5.01. The van der Waals surface area contributed by atoms with E-state index in [1.807, 2.05) is 30.3 Å². The number of alkyl halides is 6. The molecule has 1 aliphatic rings. The summed E-state index contributed by atoms with van der Waals surface area (Å²) in [6.45, 7) is 0.940. The monoisotopic (exact) mass is 431 g/mol. The molecule has 0 atom stereocenters. The first kappa shape index (κ1) is 22.1. The van der Waals surface area contributed by atoms with Crippen molar-refractivity contribution in [2.24, 2.45) is 0 Å². The molecule has 9 heteroatoms. The Labute approximate surface area is 169 Å². The zero-order chi connectivity index (χ0) is 22.0. The Morgan fingerprint density at radius 2 is 1.43 bits per heavy atom. The van der Waals surface area contributed by atoms with Crippen molar-refractivity contribution in [2.45, 2.75) is 30.6 Å². The van der Waals surface area contributed by atoms with Crippen molar-refractivity contribution in [1.29, 1.82) is 0 Å². The van der Waals surface area contributed by atoms with Crippen LogP contribution in [-0.4, -0.2) is 25.7 Å². The van der Waals surface area contributed by atoms with Gasteiger partial charge in [0.25, 0.3) is 5.91 Å². The molecule has 3 rings (SSSR count). The summed E-state index contributed by atoms with van der Waals surface area (Å²) in [5.74, 6) is -0.992. The number of benzene rings is 2. The standard InChI is InChI=1S/C21H19F6NO2/c22-20(23,24)16-10-14(11-17(12-16)21(25,26)27)18(29)28-13-19(6-8-30-9-7-19)15-4-2-1-3-5-15/h1-5,10-12H,6-9,13H2,(H,28,29). The lowest BCUT2D eigenvalue weighted by molar-refractivity contribution is -0.143. The molecular formula is C21H19F6NO2. The third kappa shape index (κ3) is 4.95. The number of hydrogen-bond acceptors (Lipinski definition) is 2. The molecule has 2 aromatic carbocycles. The van der Waals surface area contributed by atoms with Crippen molar-refractivity contribution in [2.75, 3.05) is 19.8 Å². The molecule has 1 amide bonds. The molecule has 162 valence electrons. The molecule has 0 spiro atoms. The van der Waals surface area contributed by atoms with Crippen LogP contribution in [0.3, 0.4) is 0 Å². The summed E-state index contributed by atoms with van der Waals surface area (Å²) < 4.78 is 83.7. The highest BCUT2D eigenvalue weighted by Crippen LogP contribution is 2.37. The summed E-state index contributed by atoms with van der Waals surface area (Å²) in [5, 5.41) is 2.54. The van der Waals surface area contributed by atoms with Gasteiger partial charge >= 0.3 is 12.4 Å². The Morgan fingerprint density at radius 3 is 1.93 bits per heavy atom. The average Bonchev–Trinajstić information content (AvgIpc) is 2.72. The van der Waals surface area contributed by atoms with Crippen LogP contribution in [-0.2, 0) is 22.5 Å². The van der Waals surface area contributed by atoms with E-state index in [1.165, 1.54) is 0 Å². The molecule has 30 heavy (non-hydrogen) atoms. The molecule has 0 bridgehead atoms. The van der Waals surface area contributed by atoms with E-state index in [4.69, 9.17) is 4.74 Å². The Kier molecular flexibility index (Phi) is 6.12. The van der Waals surface area contributed by atoms with Gasteiger partial charge in [-0.1, -0.05) is 30.3 Å². The average molecular weight is 431 g/mol. The summed E-state index contributed by atoms with van der Waals surface area (Å²) in [6.07, 6.45) is -8.90. The predicted molar refractivity (Wildman–Crippen MR) is 97.0 cm³/mol. The number of carbonyl (C=O) groups excluding carboxylic acids is 1. The Morgan fingerprint density at radius 1 is 0.900 bits per heavy atom. The third-order valence-corrected chi connectivity index (χ3v) is 5.27. The fourth-order valence-electron chi connectivity index (χ4n) is 3.56. The van der Waals surface area contributed by atoms with Gasteiger partial charge in [0.15, 0.2) is 0 Å². The molecule has 1 saturated heterocycles. The van der Waals surface area contributed by atoms with Crippen molar-refractivity contribution in [1.82, 2.24) is 5.32 Å². The first-order valence-corrected chi connectivity index (χ1v) is 9.22. The van der Waals surface area contributed by atoms with Crippen LogP contribution in [0.25, 0.3) is 0 Å². The first-order chi connectivity index (χ1) is 14.0. The van der Waals surface area contributed by atoms with Crippen LogP contribution < -0.4 is 5.32 Å². The highest BCUT2D eigenvalue weighted by molar-refractivity contribution is 5.94. The van der Waals surface area contributed by atoms with Crippen LogP contribution in [0.2, 0.25) is 0 Å². The lowest BCUT2D eigenvalue weighted by atomic mass is 9.74. The van der Waals surface area contributed by atoms with E-state index in [9.17, 15) is 31.1 Å². The molecule has 0 unspecified atom stereocenters. The van der Waals surface area contributed by atoms with Gasteiger partial charge in [0.05, 0.1) is 11.1 Å². The summed E-state index contributed by atoms with van der Waals surface area (Å²) in [6, 6.07) is 10.1. The number of carbonyl (C=O) groups is 1. The summed E-state index contributed by atoms with van der Waals surface area (Å²) in [7, 11) is 0. The highest BCUT2D eigenvalue weighted by Gasteiger charge is 2.38. The van der Waals surface area contributed by atoms with Gasteiger partial charge in [-0.3, -0.25) is 4.79 Å². The first-order valence-electron chi connectivity index (χ1n) is 9.22. The van der Waals surface area contributed by atoms with E-state index < -0.39 is 40.4 Å². The van der Waals surface area contributed by atoms with Crippen LogP contribution in [0.5, 0.6) is 0 Å². The number of halogens is 6. The Bertz CT molecular complexity index is 854. The molecule has 1 N–H and O–H groups in total. The topological polar surface area (TPSA) is 38.3 Å². The molecule has 0 saturated carbocycles. The maximum Gasteiger partial charge on any atom is 0.416 e. The van der Waals surface area contributed by atoms with Crippen LogP contribution in [0.15, 0.2) is 48.5 Å². The molecule has 0 aliphatic carbocycles. The second kappa shape index (κ2) is 8.29. The van der Waals surface area contributed by atoms with E-state index >= 15 is 0 Å². The van der Waals surface area contributed by atoms with Gasteiger partial charge in [0.1, 0.15) is 0 Å². The lowest BCUT2D eigenvalue weighted by Crippen LogP contribution is -2.44. The summed E-state index contributed by atoms with van der Waals surface area (Å²) >= 11 is 0. The molecule has 1 aliphatic heterocycles. The van der Waals surface area contributed by atoms with Gasteiger partial charge in [-0.2, -0.15) is 26.3 Å². The van der Waals surface area contributed by atoms with Crippen LogP contribution >= 0.6 is 0 Å². The van der Waals surface area contributed by atoms with E-state index in [0.717, 1.165) is 5.56 Å². The van der Waals surface area contributed by atoms with Crippen LogP contribution in [0.1, 0.15) is 39.9 Å². The molecule has 1 fully saturated rings. The fourth-order valence-corrected chi connectivity index (χ4v) is 3.56. The Balaban J connectivity index is 1.88. The molecule has 0 radical (unpaired) electrons. The molecule has 3 nitrogen and oxygen atoms in total. The minimum absolute atomic E-state index is 0.000709. The van der Waals surface area contributed by atoms with Gasteiger partial charge in [-0.05, 0) is 36.6 Å². The quantitative estimate of drug-likeness (QED) is 0.676. The normalized spacial score (nSPS) is 16.9. The maximum absolute atomic E-state index is 13.0. The Hall–Kier alpha value is -2.55. The highest BCUT2D eigenvalue weighted by atomic mass is 19.4. The van der Waals surface area contributed by atoms with Crippen molar-refractivity contribution in [3.63, 3.8) is 0 Å². The summed E-state index contributed by atoms with van der Waals surface area (Å²) in [5.41, 5.74) is -3.32. The van der Waals surface area contributed by atoms with Crippen molar-refractivity contribution < 1.29 is 35.9 Å². The molecule has 0 aromatic heterocycles. The van der Waals surface area contributed by atoms with Gasteiger partial charge in [-0.25, -0.2) is 0 Å². The third-order valence-electron chi connectivity index (χ3n) is 5.27. The van der Waals surface area contributed by atoms with Crippen LogP contribution in [0.4, 0.5) is 26.3 Å². The predicted octanol–water partition coefficient (Wildman–Crippen LogP) is 5.20. The second-order valence-electron chi connectivity index (χ2n) is 7.24. The number of rotatable bonds is 4. The number of amides is 1. The zero-order valence-electron chi connectivity index (χ0n) is 15.7. The van der Waals surface area contributed by atoms with Gasteiger partial charge in [-0.15, -0.1) is 0 Å². The summed E-state index contributed by atoms with van der Waals surface area (Å²) in [4.78, 5) is 12.5. The van der Waals surface area contributed by atoms with Crippen molar-refractivity contribution in [3.8, 4) is 0 Å². The SMILES string of the molecule is O=C(NCC1(c2ccccc2)CCOCC1)c1cc(C(F)(F)F)cc(C(F)(F)F)c1. The van der Waals surface area contributed by atoms with Gasteiger partial charge < -0.3 is 10.1 Å². The second-order valence-corrected chi connectivity index (χ2v) is 7.24. The minimum Gasteiger partial charge on any atom is -0.381 e. The zero-order valence-corrected chi connectivity index (χ0v) is 15.7. The maximum atomic E-state index is 13.0. The van der Waals surface area contributed by atoms with E-state index in [-0.39, 0.29) is 12.6 Å². The van der Waals surface area contributed by atoms with Crippen molar-refractivity contribution >= 4 is 5.91 Å². The van der Waals surface area contributed by atoms with Crippen molar-refractivity contribution in [3.05, 3.63) is 70.8 Å². The number of ether oxygens (including phenoxy) is 1. The largest absolute Gasteiger partial charge is 0.416 e. The molecule has 1 heterocycles. The fraction of sp³-hybridized carbons (Fsp3) is 0.381. The van der Waals surface area contributed by atoms with Gasteiger partial charge in [0.2, 0.25) is 0 Å². The molecular weight excluding hydrogens is 412 g/mol. The van der Waals surface area contributed by atoms with Gasteiger partial charge in [0, 0.05) is 30.7 Å². The van der Waals surface area contributed by atoms with E-state index in [2.05, 4.69) is 5.32 Å². The van der Waals surface area contributed by atoms with Crippen LogP contribution in [0, 0.1) is 0 Å². The smallest absolute Gasteiger partial charge is 0.381 e.